The van der Waals surface area contributed by atoms with E-state index in [9.17, 15) is 22.8 Å². The maximum atomic E-state index is 12.4. The topological polar surface area (TPSA) is 57.6 Å². The molecule has 0 aromatic heterocycles. The summed E-state index contributed by atoms with van der Waals surface area (Å²) in [6.07, 6.45) is -4.19. The van der Waals surface area contributed by atoms with Crippen molar-refractivity contribution in [2.24, 2.45) is 0 Å². The minimum absolute atomic E-state index is 0.0458. The molecule has 17 heavy (non-hydrogen) atoms. The molecule has 4 nitrogen and oxygen atoms in total. The smallest absolute Gasteiger partial charge is 0.471 e. The zero-order valence-corrected chi connectivity index (χ0v) is 9.38. The largest absolute Gasteiger partial charge is 0.479 e. The number of aliphatic carboxylic acids is 1. The van der Waals surface area contributed by atoms with E-state index in [1.165, 1.54) is 0 Å². The molecule has 1 rings (SSSR count). The number of carboxylic acid groups (broad SMARTS) is 1. The Hall–Kier alpha value is -1.27. The fourth-order valence-corrected chi connectivity index (χ4v) is 2.33. The third-order valence-electron chi connectivity index (χ3n) is 3.04. The molecule has 0 aliphatic carbocycles. The Morgan fingerprint density at radius 1 is 1.41 bits per heavy atom. The second-order valence-corrected chi connectivity index (χ2v) is 4.14. The highest BCUT2D eigenvalue weighted by atomic mass is 19.4. The van der Waals surface area contributed by atoms with Crippen molar-refractivity contribution in [1.82, 2.24) is 4.90 Å². The molecular formula is C10H14F3NO3. The van der Waals surface area contributed by atoms with Gasteiger partial charge in [-0.1, -0.05) is 13.3 Å². The van der Waals surface area contributed by atoms with Gasteiger partial charge in [0.1, 0.15) is 5.54 Å². The Kier molecular flexibility index (Phi) is 3.68. The van der Waals surface area contributed by atoms with Gasteiger partial charge in [-0.3, -0.25) is 4.79 Å². The molecule has 1 fully saturated rings. The van der Waals surface area contributed by atoms with Crippen LogP contribution in [-0.4, -0.2) is 40.1 Å². The number of carbonyl (C=O) groups is 2. The first-order valence-electron chi connectivity index (χ1n) is 5.38. The lowest BCUT2D eigenvalue weighted by Gasteiger charge is -2.34. The molecule has 1 unspecified atom stereocenters. The van der Waals surface area contributed by atoms with E-state index < -0.39 is 23.6 Å². The highest BCUT2D eigenvalue weighted by Gasteiger charge is 2.55. The number of amides is 1. The minimum Gasteiger partial charge on any atom is -0.479 e. The number of rotatable bonds is 3. The third kappa shape index (κ3) is 2.37. The van der Waals surface area contributed by atoms with Crippen LogP contribution in [0.4, 0.5) is 13.2 Å². The summed E-state index contributed by atoms with van der Waals surface area (Å²) in [4.78, 5) is 22.9. The summed E-state index contributed by atoms with van der Waals surface area (Å²) in [5, 5.41) is 9.12. The second kappa shape index (κ2) is 4.54. The maximum Gasteiger partial charge on any atom is 0.471 e. The Bertz CT molecular complexity index is 329. The fraction of sp³-hybridized carbons (Fsp3) is 0.800. The zero-order valence-electron chi connectivity index (χ0n) is 9.38. The van der Waals surface area contributed by atoms with Crippen molar-refractivity contribution in [1.29, 1.82) is 0 Å². The molecule has 7 heteroatoms. The molecule has 1 atom stereocenters. The lowest BCUT2D eigenvalue weighted by molar-refractivity contribution is -0.192. The van der Waals surface area contributed by atoms with Crippen LogP contribution in [0.5, 0.6) is 0 Å². The van der Waals surface area contributed by atoms with Gasteiger partial charge in [0, 0.05) is 6.54 Å². The molecule has 0 aromatic carbocycles. The van der Waals surface area contributed by atoms with Crippen LogP contribution >= 0.6 is 0 Å². The molecule has 1 heterocycles. The molecule has 0 radical (unpaired) electrons. The number of likely N-dealkylation sites (tertiary alicyclic amines) is 1. The lowest BCUT2D eigenvalue weighted by atomic mass is 9.90. The molecule has 0 aromatic rings. The molecule has 0 bridgehead atoms. The minimum atomic E-state index is -5.02. The number of hydrogen-bond acceptors (Lipinski definition) is 2. The second-order valence-electron chi connectivity index (χ2n) is 4.14. The van der Waals surface area contributed by atoms with Crippen LogP contribution < -0.4 is 0 Å². The van der Waals surface area contributed by atoms with Gasteiger partial charge in [0.15, 0.2) is 0 Å². The predicted octanol–water partition coefficient (Wildman–Crippen LogP) is 1.79. The van der Waals surface area contributed by atoms with Crippen molar-refractivity contribution in [2.45, 2.75) is 44.3 Å². The van der Waals surface area contributed by atoms with Crippen LogP contribution in [0.25, 0.3) is 0 Å². The normalized spacial score (nSPS) is 25.1. The first-order chi connectivity index (χ1) is 7.75. The number of alkyl halides is 3. The van der Waals surface area contributed by atoms with Crippen molar-refractivity contribution in [2.75, 3.05) is 6.54 Å². The van der Waals surface area contributed by atoms with Crippen LogP contribution in [0.15, 0.2) is 0 Å². The maximum absolute atomic E-state index is 12.4. The summed E-state index contributed by atoms with van der Waals surface area (Å²) in [5.41, 5.74) is -1.68. The summed E-state index contributed by atoms with van der Waals surface area (Å²) in [6, 6.07) is 0. The van der Waals surface area contributed by atoms with Gasteiger partial charge in [0.25, 0.3) is 0 Å². The van der Waals surface area contributed by atoms with Gasteiger partial charge >= 0.3 is 18.1 Å². The van der Waals surface area contributed by atoms with E-state index in [2.05, 4.69) is 0 Å². The number of halogens is 3. The average Bonchev–Trinajstić information content (AvgIpc) is 2.60. The molecule has 1 aliphatic rings. The van der Waals surface area contributed by atoms with E-state index in [4.69, 9.17) is 5.11 Å². The molecule has 1 N–H and O–H groups in total. The average molecular weight is 253 g/mol. The van der Waals surface area contributed by atoms with Crippen LogP contribution in [0, 0.1) is 0 Å². The Labute approximate surface area is 96.4 Å². The molecule has 98 valence electrons. The number of nitrogens with zero attached hydrogens (tertiary/aromatic N) is 1. The molecule has 0 spiro atoms. The van der Waals surface area contributed by atoms with Crippen molar-refractivity contribution in [3.05, 3.63) is 0 Å². The molecule has 1 aliphatic heterocycles. The summed E-state index contributed by atoms with van der Waals surface area (Å²) >= 11 is 0. The molecular weight excluding hydrogens is 239 g/mol. The van der Waals surface area contributed by atoms with Crippen molar-refractivity contribution < 1.29 is 27.9 Å². The molecule has 0 saturated carbocycles. The van der Waals surface area contributed by atoms with E-state index in [-0.39, 0.29) is 25.8 Å². The van der Waals surface area contributed by atoms with Gasteiger partial charge in [-0.2, -0.15) is 13.2 Å². The van der Waals surface area contributed by atoms with Gasteiger partial charge in [0.2, 0.25) is 0 Å². The van der Waals surface area contributed by atoms with Crippen molar-refractivity contribution in [3.8, 4) is 0 Å². The van der Waals surface area contributed by atoms with Crippen LogP contribution in [0.3, 0.4) is 0 Å². The summed E-state index contributed by atoms with van der Waals surface area (Å²) in [6.45, 7) is 1.53. The molecule has 1 saturated heterocycles. The first-order valence-corrected chi connectivity index (χ1v) is 5.38. The first kappa shape index (κ1) is 13.8. The number of carbonyl (C=O) groups excluding carboxylic acids is 1. The Morgan fingerprint density at radius 3 is 2.41 bits per heavy atom. The van der Waals surface area contributed by atoms with E-state index in [1.54, 1.807) is 6.92 Å². The number of carboxylic acids is 1. The van der Waals surface area contributed by atoms with Crippen LogP contribution in [-0.2, 0) is 9.59 Å². The van der Waals surface area contributed by atoms with E-state index in [0.29, 0.717) is 11.3 Å². The summed E-state index contributed by atoms with van der Waals surface area (Å²) in [5.74, 6) is -3.40. The third-order valence-corrected chi connectivity index (χ3v) is 3.04. The highest BCUT2D eigenvalue weighted by molar-refractivity contribution is 5.90. The van der Waals surface area contributed by atoms with Gasteiger partial charge in [-0.15, -0.1) is 0 Å². The van der Waals surface area contributed by atoms with Gasteiger partial charge < -0.3 is 10.0 Å². The van der Waals surface area contributed by atoms with Crippen LogP contribution in [0.1, 0.15) is 32.6 Å². The molecule has 1 amide bonds. The predicted molar refractivity (Wildman–Crippen MR) is 52.3 cm³/mol. The zero-order chi connectivity index (χ0) is 13.3. The van der Waals surface area contributed by atoms with E-state index in [0.717, 1.165) is 0 Å². The Balaban J connectivity index is 3.05. The van der Waals surface area contributed by atoms with Gasteiger partial charge in [-0.05, 0) is 19.3 Å². The van der Waals surface area contributed by atoms with Crippen LogP contribution in [0.2, 0.25) is 0 Å². The number of hydrogen-bond donors (Lipinski definition) is 1. The van der Waals surface area contributed by atoms with Crippen molar-refractivity contribution in [3.63, 3.8) is 0 Å². The van der Waals surface area contributed by atoms with Crippen molar-refractivity contribution >= 4 is 11.9 Å². The standard InChI is InChI=1S/C10H14F3NO3/c1-2-4-9(8(16)17)5-3-6-14(9)7(15)10(11,12)13/h2-6H2,1H3,(H,16,17). The summed E-state index contributed by atoms with van der Waals surface area (Å²) < 4.78 is 37.1. The van der Waals surface area contributed by atoms with Gasteiger partial charge in [0.05, 0.1) is 0 Å². The monoisotopic (exact) mass is 253 g/mol. The SMILES string of the molecule is CCCC1(C(=O)O)CCCN1C(=O)C(F)(F)F. The summed E-state index contributed by atoms with van der Waals surface area (Å²) in [7, 11) is 0. The highest BCUT2D eigenvalue weighted by Crippen LogP contribution is 2.36. The van der Waals surface area contributed by atoms with E-state index >= 15 is 0 Å². The fourth-order valence-electron chi connectivity index (χ4n) is 2.33. The van der Waals surface area contributed by atoms with Gasteiger partial charge in [-0.25, -0.2) is 4.79 Å². The lowest BCUT2D eigenvalue weighted by Crippen LogP contribution is -2.56. The van der Waals surface area contributed by atoms with E-state index in [1.807, 2.05) is 0 Å². The Morgan fingerprint density at radius 2 is 2.00 bits per heavy atom. The quantitative estimate of drug-likeness (QED) is 0.834.